The second-order valence-corrected chi connectivity index (χ2v) is 12.9. The van der Waals surface area contributed by atoms with Gasteiger partial charge in [-0.05, 0) is 90.1 Å². The molecule has 240 valence electrons. The molecule has 1 aromatic heterocycles. The molecule has 1 fully saturated rings. The smallest absolute Gasteiger partial charge is 0.407 e. The zero-order valence-corrected chi connectivity index (χ0v) is 27.9. The van der Waals surface area contributed by atoms with Crippen LogP contribution in [0.2, 0.25) is 0 Å². The van der Waals surface area contributed by atoms with Crippen LogP contribution in [0.1, 0.15) is 36.7 Å². The number of aromatic nitrogens is 1. The zero-order chi connectivity index (χ0) is 32.8. The number of ether oxygens (including phenoxy) is 3. The number of methoxy groups -OCH3 is 1. The molecule has 4 aromatic rings. The van der Waals surface area contributed by atoms with Gasteiger partial charge < -0.3 is 34.7 Å². The summed E-state index contributed by atoms with van der Waals surface area (Å²) in [5, 5.41) is 17.5. The maximum atomic E-state index is 13.0. The molecule has 1 aliphatic rings. The van der Waals surface area contributed by atoms with Crippen molar-refractivity contribution in [1.29, 1.82) is 5.26 Å². The lowest BCUT2D eigenvalue weighted by Gasteiger charge is -2.29. The third-order valence-corrected chi connectivity index (χ3v) is 8.41. The minimum atomic E-state index is -0.938. The van der Waals surface area contributed by atoms with Gasteiger partial charge in [-0.25, -0.2) is 9.59 Å². The maximum absolute atomic E-state index is 13.0. The number of H-pyrrole nitrogens is 1. The predicted molar refractivity (Wildman–Crippen MR) is 182 cm³/mol. The summed E-state index contributed by atoms with van der Waals surface area (Å²) in [6, 6.07) is 20.0. The Hall–Kier alpha value is -4.53. The van der Waals surface area contributed by atoms with E-state index in [4.69, 9.17) is 14.2 Å². The fraction of sp³-hybridized carbons (Fsp3) is 0.343. The second kappa shape index (κ2) is 14.3. The van der Waals surface area contributed by atoms with Crippen molar-refractivity contribution in [3.05, 3.63) is 82.5 Å². The topological polar surface area (TPSA) is 129 Å². The standard InChI is InChI=1S/C35H38BrN5O5/c1-35(2,3)46-34(43)40-30(19-24-21-38-32-26(24)6-5-7-28(32)36)31(20-37)39-29-13-10-23(18-27(29)33(42)44-4)22-8-11-25(12-9-22)41-14-16-45-17-15-41/h5-13,18,21,30-31,38-39H,14-17,19H2,1-4H3,(H,40,43)/t30-,31?/m0/s1. The lowest BCUT2D eigenvalue weighted by atomic mass is 9.97. The van der Waals surface area contributed by atoms with Gasteiger partial charge in [0.05, 0.1) is 43.5 Å². The highest BCUT2D eigenvalue weighted by Gasteiger charge is 2.29. The molecule has 1 saturated heterocycles. The number of nitriles is 1. The van der Waals surface area contributed by atoms with Gasteiger partial charge in [-0.15, -0.1) is 0 Å². The number of carbonyl (C=O) groups is 2. The predicted octanol–water partition coefficient (Wildman–Crippen LogP) is 6.66. The SMILES string of the molecule is COC(=O)c1cc(-c2ccc(N3CCOCC3)cc2)ccc1NC(C#N)[C@H](Cc1c[nH]c2c(Br)cccc12)NC(=O)OC(C)(C)C. The molecular formula is C35H38BrN5O5. The van der Waals surface area contributed by atoms with Gasteiger partial charge in [-0.3, -0.25) is 0 Å². The molecule has 0 spiro atoms. The number of aromatic amines is 1. The van der Waals surface area contributed by atoms with Crippen molar-refractivity contribution in [2.75, 3.05) is 43.6 Å². The van der Waals surface area contributed by atoms with E-state index in [9.17, 15) is 14.9 Å². The van der Waals surface area contributed by atoms with Crippen molar-refractivity contribution in [3.8, 4) is 17.2 Å². The molecule has 5 rings (SSSR count). The molecule has 11 heteroatoms. The molecule has 0 aliphatic carbocycles. The van der Waals surface area contributed by atoms with Crippen LogP contribution in [-0.2, 0) is 20.6 Å². The Bertz CT molecular complexity index is 1740. The Balaban J connectivity index is 1.43. The third-order valence-electron chi connectivity index (χ3n) is 7.75. The normalized spacial score (nSPS) is 14.7. The Morgan fingerprint density at radius 1 is 1.09 bits per heavy atom. The van der Waals surface area contributed by atoms with E-state index < -0.39 is 29.7 Å². The first-order valence-electron chi connectivity index (χ1n) is 15.1. The van der Waals surface area contributed by atoms with E-state index in [1.54, 1.807) is 32.9 Å². The first kappa shape index (κ1) is 32.9. The molecule has 10 nitrogen and oxygen atoms in total. The number of hydrogen-bond acceptors (Lipinski definition) is 8. The maximum Gasteiger partial charge on any atom is 0.407 e. The minimum Gasteiger partial charge on any atom is -0.465 e. The number of nitrogens with zero attached hydrogens (tertiary/aromatic N) is 2. The summed E-state index contributed by atoms with van der Waals surface area (Å²) in [5.74, 6) is -0.552. The van der Waals surface area contributed by atoms with Crippen LogP contribution in [0.15, 0.2) is 71.3 Å². The molecule has 1 unspecified atom stereocenters. The summed E-state index contributed by atoms with van der Waals surface area (Å²) in [7, 11) is 1.32. The number of alkyl carbamates (subject to hydrolysis) is 1. The number of rotatable bonds is 9. The summed E-state index contributed by atoms with van der Waals surface area (Å²) in [4.78, 5) is 31.5. The van der Waals surface area contributed by atoms with E-state index in [-0.39, 0.29) is 5.56 Å². The summed E-state index contributed by atoms with van der Waals surface area (Å²) < 4.78 is 17.0. The highest BCUT2D eigenvalue weighted by Crippen LogP contribution is 2.30. The molecule has 0 bridgehead atoms. The van der Waals surface area contributed by atoms with Crippen LogP contribution in [0.25, 0.3) is 22.0 Å². The Morgan fingerprint density at radius 3 is 2.48 bits per heavy atom. The molecule has 2 heterocycles. The van der Waals surface area contributed by atoms with Crippen molar-refractivity contribution in [2.24, 2.45) is 0 Å². The van der Waals surface area contributed by atoms with Crippen LogP contribution in [0.5, 0.6) is 0 Å². The van der Waals surface area contributed by atoms with Crippen molar-refractivity contribution in [3.63, 3.8) is 0 Å². The minimum absolute atomic E-state index is 0.268. The highest BCUT2D eigenvalue weighted by molar-refractivity contribution is 9.10. The summed E-state index contributed by atoms with van der Waals surface area (Å²) >= 11 is 3.57. The molecule has 3 aromatic carbocycles. The van der Waals surface area contributed by atoms with Gasteiger partial charge in [-0.2, -0.15) is 5.26 Å². The number of hydrogen-bond donors (Lipinski definition) is 3. The number of anilines is 2. The first-order valence-corrected chi connectivity index (χ1v) is 15.9. The van der Waals surface area contributed by atoms with Crippen LogP contribution in [0, 0.1) is 11.3 Å². The van der Waals surface area contributed by atoms with Crippen LogP contribution in [0.3, 0.4) is 0 Å². The largest absolute Gasteiger partial charge is 0.465 e. The lowest BCUT2D eigenvalue weighted by Crippen LogP contribution is -2.49. The van der Waals surface area contributed by atoms with E-state index in [0.29, 0.717) is 25.3 Å². The Labute approximate surface area is 277 Å². The van der Waals surface area contributed by atoms with Gasteiger partial charge in [0.1, 0.15) is 11.6 Å². The number of carbonyl (C=O) groups excluding carboxylic acids is 2. The summed E-state index contributed by atoms with van der Waals surface area (Å²) in [6.07, 6.45) is 1.53. The molecule has 0 saturated carbocycles. The molecule has 3 N–H and O–H groups in total. The first-order chi connectivity index (χ1) is 22.1. The van der Waals surface area contributed by atoms with Gasteiger partial charge in [0.2, 0.25) is 0 Å². The van der Waals surface area contributed by atoms with E-state index in [1.165, 1.54) is 7.11 Å². The highest BCUT2D eigenvalue weighted by atomic mass is 79.9. The number of morpholine rings is 1. The van der Waals surface area contributed by atoms with Gasteiger partial charge in [-0.1, -0.05) is 30.3 Å². The van der Waals surface area contributed by atoms with Gasteiger partial charge >= 0.3 is 12.1 Å². The van der Waals surface area contributed by atoms with Crippen LogP contribution in [-0.4, -0.2) is 68.1 Å². The van der Waals surface area contributed by atoms with Crippen molar-refractivity contribution in [2.45, 2.75) is 44.9 Å². The fourth-order valence-corrected chi connectivity index (χ4v) is 5.98. The number of esters is 1. The van der Waals surface area contributed by atoms with E-state index in [1.807, 2.05) is 42.6 Å². The van der Waals surface area contributed by atoms with Gasteiger partial charge in [0.25, 0.3) is 0 Å². The Kier molecular flexibility index (Phi) is 10.2. The van der Waals surface area contributed by atoms with Crippen LogP contribution < -0.4 is 15.5 Å². The van der Waals surface area contributed by atoms with Crippen molar-refractivity contribution >= 4 is 50.3 Å². The number of nitrogens with one attached hydrogen (secondary N) is 3. The summed E-state index contributed by atoms with van der Waals surface area (Å²) in [5.41, 5.74) is 4.63. The molecule has 46 heavy (non-hydrogen) atoms. The van der Waals surface area contributed by atoms with Gasteiger partial charge in [0, 0.05) is 40.5 Å². The number of benzene rings is 3. The van der Waals surface area contributed by atoms with Gasteiger partial charge in [0.15, 0.2) is 0 Å². The summed E-state index contributed by atoms with van der Waals surface area (Å²) in [6.45, 7) is 8.42. The second-order valence-electron chi connectivity index (χ2n) is 12.1. The average Bonchev–Trinajstić information content (AvgIpc) is 3.46. The van der Waals surface area contributed by atoms with Crippen molar-refractivity contribution < 1.29 is 23.8 Å². The van der Waals surface area contributed by atoms with Crippen LogP contribution >= 0.6 is 15.9 Å². The third kappa shape index (κ3) is 7.81. The molecule has 1 aliphatic heterocycles. The van der Waals surface area contributed by atoms with E-state index >= 15 is 0 Å². The lowest BCUT2D eigenvalue weighted by molar-refractivity contribution is 0.0501. The molecular weight excluding hydrogens is 650 g/mol. The molecule has 0 radical (unpaired) electrons. The molecule has 2 atom stereocenters. The monoisotopic (exact) mass is 687 g/mol. The zero-order valence-electron chi connectivity index (χ0n) is 26.4. The fourth-order valence-electron chi connectivity index (χ4n) is 5.50. The Morgan fingerprint density at radius 2 is 1.80 bits per heavy atom. The van der Waals surface area contributed by atoms with Crippen molar-refractivity contribution in [1.82, 2.24) is 10.3 Å². The average molecular weight is 689 g/mol. The van der Waals surface area contributed by atoms with E-state index in [2.05, 4.69) is 54.6 Å². The number of amides is 1. The number of para-hydroxylation sites is 1. The number of fused-ring (bicyclic) bond motifs is 1. The molecule has 1 amide bonds. The quantitative estimate of drug-likeness (QED) is 0.167. The number of halogens is 1. The van der Waals surface area contributed by atoms with Crippen LogP contribution in [0.4, 0.5) is 16.2 Å². The van der Waals surface area contributed by atoms with E-state index in [0.717, 1.165) is 50.8 Å².